The number of aromatic nitrogens is 4. The van der Waals surface area contributed by atoms with Gasteiger partial charge in [0.1, 0.15) is 17.1 Å². The van der Waals surface area contributed by atoms with Crippen LogP contribution >= 0.6 is 0 Å². The lowest BCUT2D eigenvalue weighted by Crippen LogP contribution is -2.25. The molecule has 8 heteroatoms. The summed E-state index contributed by atoms with van der Waals surface area (Å²) in [5.74, 6) is 1.90. The first kappa shape index (κ1) is 23.5. The highest BCUT2D eigenvalue weighted by Crippen LogP contribution is 2.27. The molecule has 176 valence electrons. The van der Waals surface area contributed by atoms with Gasteiger partial charge in [-0.3, -0.25) is 4.79 Å². The van der Waals surface area contributed by atoms with Crippen LogP contribution in [0.15, 0.2) is 73.1 Å². The lowest BCUT2D eigenvalue weighted by molar-refractivity contribution is 0.00593. The molecule has 1 amide bonds. The molecule has 2 aromatic carbocycles. The van der Waals surface area contributed by atoms with Gasteiger partial charge in [-0.2, -0.15) is 5.10 Å². The van der Waals surface area contributed by atoms with Gasteiger partial charge in [-0.1, -0.05) is 54.5 Å². The van der Waals surface area contributed by atoms with Gasteiger partial charge in [-0.05, 0) is 32.9 Å². The van der Waals surface area contributed by atoms with Crippen molar-refractivity contribution in [3.05, 3.63) is 84.4 Å². The molecule has 4 aromatic rings. The molecule has 1 N–H and O–H groups in total. The Morgan fingerprint density at radius 1 is 1.06 bits per heavy atom. The van der Waals surface area contributed by atoms with Crippen LogP contribution in [-0.2, 0) is 11.3 Å². The summed E-state index contributed by atoms with van der Waals surface area (Å²) in [6.45, 7) is 5.55. The van der Waals surface area contributed by atoms with E-state index in [0.29, 0.717) is 17.2 Å². The maximum atomic E-state index is 13.3. The summed E-state index contributed by atoms with van der Waals surface area (Å²) in [6, 6.07) is 19.9. The fourth-order valence-electron chi connectivity index (χ4n) is 3.44. The van der Waals surface area contributed by atoms with E-state index in [4.69, 9.17) is 11.2 Å². The van der Waals surface area contributed by atoms with Crippen molar-refractivity contribution in [2.45, 2.75) is 32.9 Å². The Morgan fingerprint density at radius 3 is 2.34 bits per heavy atom. The number of hydrogen-bond acceptors (Lipinski definition) is 5. The van der Waals surface area contributed by atoms with Crippen molar-refractivity contribution in [2.24, 2.45) is 0 Å². The summed E-state index contributed by atoms with van der Waals surface area (Å²) < 4.78 is 8.62. The normalized spacial score (nSPS) is 11.0. The highest BCUT2D eigenvalue weighted by atomic mass is 16.6. The van der Waals surface area contributed by atoms with Crippen molar-refractivity contribution in [1.29, 1.82) is 0 Å². The van der Waals surface area contributed by atoms with E-state index in [1.807, 2.05) is 48.5 Å². The Labute approximate surface area is 203 Å². The van der Waals surface area contributed by atoms with Gasteiger partial charge in [0.25, 0.3) is 5.91 Å². The Hall–Kier alpha value is -4.64. The molecule has 0 atom stereocenters. The van der Waals surface area contributed by atoms with Gasteiger partial charge < -0.3 is 14.6 Å². The molecule has 0 saturated carbocycles. The number of anilines is 1. The molecule has 8 nitrogen and oxygen atoms in total. The van der Waals surface area contributed by atoms with Crippen molar-refractivity contribution in [1.82, 2.24) is 19.3 Å². The molecule has 0 radical (unpaired) electrons. The second-order valence-corrected chi connectivity index (χ2v) is 8.76. The van der Waals surface area contributed by atoms with E-state index in [-0.39, 0.29) is 17.9 Å². The lowest BCUT2D eigenvalue weighted by atomic mass is 10.1. The monoisotopic (exact) mass is 467 g/mol. The number of carbonyl (C=O) groups excluding carboxylic acids is 2. The Balaban J connectivity index is 1.73. The first-order chi connectivity index (χ1) is 16.8. The highest BCUT2D eigenvalue weighted by molar-refractivity contribution is 6.05. The van der Waals surface area contributed by atoms with Gasteiger partial charge >= 0.3 is 5.97 Å². The molecule has 0 bridgehead atoms. The van der Waals surface area contributed by atoms with Gasteiger partial charge in [-0.15, -0.1) is 6.42 Å². The van der Waals surface area contributed by atoms with E-state index in [2.05, 4.69) is 21.3 Å². The van der Waals surface area contributed by atoms with Crippen molar-refractivity contribution in [2.75, 3.05) is 5.32 Å². The van der Waals surface area contributed by atoms with Crippen LogP contribution in [0.1, 0.15) is 41.7 Å². The van der Waals surface area contributed by atoms with Crippen LogP contribution in [0.3, 0.4) is 0 Å². The van der Waals surface area contributed by atoms with Gasteiger partial charge in [0.05, 0.1) is 18.6 Å². The summed E-state index contributed by atoms with van der Waals surface area (Å²) in [6.07, 6.45) is 7.09. The molecule has 0 saturated heterocycles. The maximum absolute atomic E-state index is 13.3. The molecule has 0 spiro atoms. The van der Waals surface area contributed by atoms with Crippen LogP contribution in [0.25, 0.3) is 16.9 Å². The van der Waals surface area contributed by atoms with E-state index >= 15 is 0 Å². The van der Waals surface area contributed by atoms with Gasteiger partial charge in [0.2, 0.25) is 0 Å². The molecule has 35 heavy (non-hydrogen) atoms. The number of nitrogens with one attached hydrogen (secondary N) is 1. The molecule has 2 heterocycles. The maximum Gasteiger partial charge on any atom is 0.357 e. The average Bonchev–Trinajstić information content (AvgIpc) is 3.45. The van der Waals surface area contributed by atoms with Gasteiger partial charge in [-0.25, -0.2) is 14.5 Å². The third kappa shape index (κ3) is 5.31. The number of hydrogen-bond donors (Lipinski definition) is 1. The molecule has 2 aromatic heterocycles. The van der Waals surface area contributed by atoms with Crippen molar-refractivity contribution >= 4 is 17.7 Å². The summed E-state index contributed by atoms with van der Waals surface area (Å²) in [5, 5.41) is 7.30. The fraction of sp³-hybridized carbons (Fsp3) is 0.185. The molecule has 0 unspecified atom stereocenters. The Bertz CT molecular complexity index is 1390. The quantitative estimate of drug-likeness (QED) is 0.331. The number of nitrogens with zero attached hydrogens (tertiary/aromatic N) is 4. The summed E-state index contributed by atoms with van der Waals surface area (Å²) in [5.41, 5.74) is 1.48. The minimum atomic E-state index is -0.711. The predicted molar refractivity (Wildman–Crippen MR) is 133 cm³/mol. The van der Waals surface area contributed by atoms with E-state index in [9.17, 15) is 9.59 Å². The number of para-hydroxylation sites is 1. The minimum absolute atomic E-state index is 0.0437. The number of esters is 1. The zero-order valence-electron chi connectivity index (χ0n) is 19.7. The first-order valence-corrected chi connectivity index (χ1v) is 11.0. The van der Waals surface area contributed by atoms with Crippen molar-refractivity contribution in [3.63, 3.8) is 0 Å². The predicted octanol–water partition coefficient (Wildman–Crippen LogP) is 4.58. The third-order valence-corrected chi connectivity index (χ3v) is 4.93. The van der Waals surface area contributed by atoms with Crippen LogP contribution in [0, 0.1) is 12.3 Å². The van der Waals surface area contributed by atoms with Crippen molar-refractivity contribution in [3.8, 4) is 29.3 Å². The van der Waals surface area contributed by atoms with Crippen molar-refractivity contribution < 1.29 is 14.3 Å². The number of carbonyl (C=O) groups is 2. The molecule has 0 aliphatic rings. The minimum Gasteiger partial charge on any atom is -0.455 e. The molecule has 0 aliphatic carbocycles. The second kappa shape index (κ2) is 9.69. The number of ether oxygens (including phenoxy) is 1. The highest BCUT2D eigenvalue weighted by Gasteiger charge is 2.26. The van der Waals surface area contributed by atoms with Crippen LogP contribution in [0.4, 0.5) is 5.82 Å². The van der Waals surface area contributed by atoms with Crippen LogP contribution in [0.5, 0.6) is 0 Å². The average molecular weight is 468 g/mol. The molecule has 0 fully saturated rings. The fourth-order valence-corrected chi connectivity index (χ4v) is 3.44. The van der Waals surface area contributed by atoms with E-state index in [1.54, 1.807) is 43.8 Å². The Morgan fingerprint density at radius 2 is 1.71 bits per heavy atom. The first-order valence-electron chi connectivity index (χ1n) is 11.0. The SMILES string of the molecule is C#CCn1cnc(-c2ccccc2)c1NC(=O)c1cc(C(=O)OC(C)(C)C)n(-c2ccccc2)n1. The number of rotatable bonds is 6. The van der Waals surface area contributed by atoms with Crippen LogP contribution in [-0.4, -0.2) is 36.8 Å². The van der Waals surface area contributed by atoms with Gasteiger partial charge in [0, 0.05) is 11.6 Å². The lowest BCUT2D eigenvalue weighted by Gasteiger charge is -2.19. The summed E-state index contributed by atoms with van der Waals surface area (Å²) >= 11 is 0. The Kier molecular flexibility index (Phi) is 6.51. The zero-order chi connectivity index (χ0) is 25.0. The summed E-state index contributed by atoms with van der Waals surface area (Å²) in [7, 11) is 0. The smallest absolute Gasteiger partial charge is 0.357 e. The topological polar surface area (TPSA) is 91.0 Å². The standard InChI is InChI=1S/C27H25N5O3/c1-5-16-31-18-28-23(19-12-8-6-9-13-19)24(31)29-25(33)21-17-22(26(34)35-27(2,3)4)32(30-21)20-14-10-7-11-15-20/h1,6-15,17-18H,16H2,2-4H3,(H,29,33). The van der Waals surface area contributed by atoms with E-state index in [1.165, 1.54) is 10.7 Å². The molecular formula is C27H25N5O3. The van der Waals surface area contributed by atoms with E-state index < -0.39 is 17.5 Å². The molecular weight excluding hydrogens is 442 g/mol. The van der Waals surface area contributed by atoms with Crippen LogP contribution in [0.2, 0.25) is 0 Å². The third-order valence-electron chi connectivity index (χ3n) is 4.93. The number of benzene rings is 2. The van der Waals surface area contributed by atoms with Gasteiger partial charge in [0.15, 0.2) is 11.4 Å². The number of imidazole rings is 1. The molecule has 0 aliphatic heterocycles. The largest absolute Gasteiger partial charge is 0.455 e. The second-order valence-electron chi connectivity index (χ2n) is 8.76. The molecule has 4 rings (SSSR count). The number of amides is 1. The van der Waals surface area contributed by atoms with Crippen LogP contribution < -0.4 is 5.32 Å². The van der Waals surface area contributed by atoms with E-state index in [0.717, 1.165) is 5.56 Å². The zero-order valence-corrected chi connectivity index (χ0v) is 19.7. The number of terminal acetylenes is 1. The summed E-state index contributed by atoms with van der Waals surface area (Å²) in [4.78, 5) is 30.7.